The standard InChI is InChI=1S/C28H46O5Si/c1-9-23(17-32-22(8)29)26-24(18-33-34(19(2)3,20(4)5)21(6)7)13-14-25(27(26)30)28(31)15-11-10-12-16-28/h13-14,17,19-21,30-31H,9-12,15-16,18H2,1-8H3/b23-17+. The van der Waals surface area contributed by atoms with Gasteiger partial charge in [0.05, 0.1) is 18.5 Å². The van der Waals surface area contributed by atoms with E-state index in [2.05, 4.69) is 41.5 Å². The molecule has 0 radical (unpaired) electrons. The highest BCUT2D eigenvalue weighted by atomic mass is 28.4. The molecule has 1 fully saturated rings. The van der Waals surface area contributed by atoms with Gasteiger partial charge in [0.2, 0.25) is 8.32 Å². The normalized spacial score (nSPS) is 17.0. The Labute approximate surface area is 207 Å². The molecule has 0 aliphatic heterocycles. The number of hydrogen-bond acceptors (Lipinski definition) is 5. The summed E-state index contributed by atoms with van der Waals surface area (Å²) in [7, 11) is -2.13. The Morgan fingerprint density at radius 1 is 1.06 bits per heavy atom. The molecule has 0 spiro atoms. The molecule has 0 atom stereocenters. The van der Waals surface area contributed by atoms with Gasteiger partial charge in [0.25, 0.3) is 0 Å². The van der Waals surface area contributed by atoms with E-state index in [1.165, 1.54) is 13.2 Å². The lowest BCUT2D eigenvalue weighted by molar-refractivity contribution is -0.135. The first-order valence-corrected chi connectivity index (χ1v) is 15.1. The van der Waals surface area contributed by atoms with Crippen molar-refractivity contribution >= 4 is 19.9 Å². The molecule has 0 unspecified atom stereocenters. The molecule has 2 rings (SSSR count). The smallest absolute Gasteiger partial charge is 0.307 e. The van der Waals surface area contributed by atoms with Crippen LogP contribution in [-0.2, 0) is 26.2 Å². The molecule has 1 saturated carbocycles. The van der Waals surface area contributed by atoms with Gasteiger partial charge < -0.3 is 19.4 Å². The molecule has 1 aliphatic rings. The minimum atomic E-state index is -2.13. The Bertz CT molecular complexity index is 844. The molecule has 34 heavy (non-hydrogen) atoms. The van der Waals surface area contributed by atoms with Crippen molar-refractivity contribution in [2.75, 3.05) is 0 Å². The van der Waals surface area contributed by atoms with Crippen molar-refractivity contribution in [1.29, 1.82) is 0 Å². The van der Waals surface area contributed by atoms with Crippen LogP contribution in [0.3, 0.4) is 0 Å². The van der Waals surface area contributed by atoms with Gasteiger partial charge in [0.1, 0.15) is 5.75 Å². The summed E-state index contributed by atoms with van der Waals surface area (Å²) in [5, 5.41) is 22.9. The molecule has 2 N–H and O–H groups in total. The third kappa shape index (κ3) is 5.95. The van der Waals surface area contributed by atoms with Gasteiger partial charge >= 0.3 is 5.97 Å². The van der Waals surface area contributed by atoms with Crippen molar-refractivity contribution in [2.24, 2.45) is 0 Å². The number of benzene rings is 1. The summed E-state index contributed by atoms with van der Waals surface area (Å²) in [5.74, 6) is -0.326. The summed E-state index contributed by atoms with van der Waals surface area (Å²) in [4.78, 5) is 11.5. The SMILES string of the molecule is CC/C(=C\OC(C)=O)c1c(CO[Si](C(C)C)(C(C)C)C(C)C)ccc(C2(O)CCCCC2)c1O. The number of phenols is 1. The molecular weight excluding hydrogens is 444 g/mol. The summed E-state index contributed by atoms with van der Waals surface area (Å²) in [6, 6.07) is 3.85. The van der Waals surface area contributed by atoms with E-state index in [-0.39, 0.29) is 5.75 Å². The van der Waals surface area contributed by atoms with Crippen LogP contribution in [0.15, 0.2) is 18.4 Å². The fourth-order valence-electron chi connectivity index (χ4n) is 6.07. The van der Waals surface area contributed by atoms with Gasteiger partial charge in [-0.3, -0.25) is 4.79 Å². The second-order valence-electron chi connectivity index (χ2n) is 10.8. The number of hydrogen-bond donors (Lipinski definition) is 2. The van der Waals surface area contributed by atoms with Crippen molar-refractivity contribution in [3.8, 4) is 5.75 Å². The number of aromatic hydroxyl groups is 1. The second-order valence-corrected chi connectivity index (χ2v) is 16.3. The minimum absolute atomic E-state index is 0.0802. The summed E-state index contributed by atoms with van der Waals surface area (Å²) in [6.45, 7) is 17.2. The van der Waals surface area contributed by atoms with E-state index in [9.17, 15) is 15.0 Å². The van der Waals surface area contributed by atoms with Crippen LogP contribution >= 0.6 is 0 Å². The Kier molecular flexibility index (Phi) is 9.98. The number of carbonyl (C=O) groups is 1. The Morgan fingerprint density at radius 3 is 2.09 bits per heavy atom. The zero-order valence-corrected chi connectivity index (χ0v) is 23.5. The zero-order chi connectivity index (χ0) is 25.7. The predicted octanol–water partition coefficient (Wildman–Crippen LogP) is 7.55. The van der Waals surface area contributed by atoms with Gasteiger partial charge in [-0.2, -0.15) is 0 Å². The Morgan fingerprint density at radius 2 is 1.62 bits per heavy atom. The average Bonchev–Trinajstić information content (AvgIpc) is 2.75. The van der Waals surface area contributed by atoms with Crippen LogP contribution in [0, 0.1) is 0 Å². The van der Waals surface area contributed by atoms with Gasteiger partial charge in [-0.15, -0.1) is 0 Å². The number of rotatable bonds is 10. The van der Waals surface area contributed by atoms with Gasteiger partial charge in [0.15, 0.2) is 0 Å². The highest BCUT2D eigenvalue weighted by Gasteiger charge is 2.45. The average molecular weight is 491 g/mol. The number of esters is 1. The predicted molar refractivity (Wildman–Crippen MR) is 141 cm³/mol. The first-order valence-electron chi connectivity index (χ1n) is 13.0. The summed E-state index contributed by atoms with van der Waals surface area (Å²) >= 11 is 0. The van der Waals surface area contributed by atoms with Gasteiger partial charge in [-0.25, -0.2) is 0 Å². The topological polar surface area (TPSA) is 76.0 Å². The maximum atomic E-state index is 11.5. The third-order valence-corrected chi connectivity index (χ3v) is 13.8. The maximum Gasteiger partial charge on any atom is 0.307 e. The second kappa shape index (κ2) is 11.9. The van der Waals surface area contributed by atoms with Crippen molar-refractivity contribution in [3.63, 3.8) is 0 Å². The van der Waals surface area contributed by atoms with Crippen LogP contribution in [0.25, 0.3) is 5.57 Å². The van der Waals surface area contributed by atoms with E-state index in [1.54, 1.807) is 0 Å². The molecule has 1 aromatic carbocycles. The molecule has 192 valence electrons. The lowest BCUT2D eigenvalue weighted by atomic mass is 9.77. The van der Waals surface area contributed by atoms with Gasteiger partial charge in [-0.1, -0.05) is 79.9 Å². The fraction of sp³-hybridized carbons (Fsp3) is 0.679. The van der Waals surface area contributed by atoms with E-state index in [0.29, 0.717) is 53.6 Å². The van der Waals surface area contributed by atoms with E-state index in [4.69, 9.17) is 9.16 Å². The molecule has 0 amide bonds. The van der Waals surface area contributed by atoms with Gasteiger partial charge in [-0.05, 0) is 47.0 Å². The first-order chi connectivity index (χ1) is 15.9. The molecule has 5 nitrogen and oxygen atoms in total. The zero-order valence-electron chi connectivity index (χ0n) is 22.5. The van der Waals surface area contributed by atoms with Crippen molar-refractivity contribution in [2.45, 2.75) is 123 Å². The third-order valence-electron chi connectivity index (χ3n) is 7.70. The van der Waals surface area contributed by atoms with Crippen molar-refractivity contribution in [3.05, 3.63) is 35.1 Å². The van der Waals surface area contributed by atoms with Crippen molar-refractivity contribution in [1.82, 2.24) is 0 Å². The lowest BCUT2D eigenvalue weighted by Gasteiger charge is -2.42. The lowest BCUT2D eigenvalue weighted by Crippen LogP contribution is -2.47. The number of phenolic OH excluding ortho intramolecular Hbond substituents is 1. The molecule has 0 bridgehead atoms. The molecule has 0 saturated heterocycles. The fourth-order valence-corrected chi connectivity index (χ4v) is 11.5. The van der Waals surface area contributed by atoms with Crippen LogP contribution in [0.5, 0.6) is 5.75 Å². The number of ether oxygens (including phenoxy) is 1. The van der Waals surface area contributed by atoms with E-state index >= 15 is 0 Å². The Hall–Kier alpha value is -1.63. The van der Waals surface area contributed by atoms with Crippen LogP contribution in [0.4, 0.5) is 0 Å². The van der Waals surface area contributed by atoms with Gasteiger partial charge in [0, 0.05) is 18.1 Å². The first kappa shape index (κ1) is 28.6. The van der Waals surface area contributed by atoms with Crippen LogP contribution in [-0.4, -0.2) is 24.5 Å². The summed E-state index contributed by atoms with van der Waals surface area (Å²) in [6.07, 6.45) is 6.24. The van der Waals surface area contributed by atoms with E-state index in [0.717, 1.165) is 30.4 Å². The molecular formula is C28H46O5Si. The maximum absolute atomic E-state index is 11.5. The molecule has 0 aromatic heterocycles. The highest BCUT2D eigenvalue weighted by Crippen LogP contribution is 2.46. The van der Waals surface area contributed by atoms with Crippen LogP contribution in [0.1, 0.15) is 111 Å². The van der Waals surface area contributed by atoms with E-state index in [1.807, 2.05) is 19.1 Å². The van der Waals surface area contributed by atoms with Crippen molar-refractivity contribution < 1.29 is 24.2 Å². The molecule has 1 aliphatic carbocycles. The number of allylic oxidation sites excluding steroid dienone is 1. The van der Waals surface area contributed by atoms with Crippen LogP contribution < -0.4 is 0 Å². The van der Waals surface area contributed by atoms with Crippen LogP contribution in [0.2, 0.25) is 16.6 Å². The molecule has 0 heterocycles. The minimum Gasteiger partial charge on any atom is -0.507 e. The number of carbonyl (C=O) groups excluding carboxylic acids is 1. The number of aliphatic hydroxyl groups is 1. The highest BCUT2D eigenvalue weighted by molar-refractivity contribution is 6.77. The summed E-state index contributed by atoms with van der Waals surface area (Å²) < 4.78 is 12.1. The van der Waals surface area contributed by atoms with E-state index < -0.39 is 19.9 Å². The largest absolute Gasteiger partial charge is 0.507 e. The quantitative estimate of drug-likeness (QED) is 0.201. The summed E-state index contributed by atoms with van der Waals surface area (Å²) in [5.41, 5.74) is 3.05. The molecule has 6 heteroatoms. The monoisotopic (exact) mass is 490 g/mol. The molecule has 1 aromatic rings. The Balaban J connectivity index is 2.61.